The first-order valence-electron chi connectivity index (χ1n) is 16.4. The lowest BCUT2D eigenvalue weighted by Crippen LogP contribution is -2.52. The van der Waals surface area contributed by atoms with Crippen LogP contribution in [0.15, 0.2) is 24.3 Å². The molecule has 0 bridgehead atoms. The number of aromatic nitrogens is 1. The first kappa shape index (κ1) is 33.9. The van der Waals surface area contributed by atoms with Gasteiger partial charge in [0.15, 0.2) is 6.61 Å². The Bertz CT molecular complexity index is 1470. The number of carbonyl (C=O) groups is 5. The third kappa shape index (κ3) is 8.47. The molecular formula is C33H44N6O8. The molecule has 14 heteroatoms. The zero-order chi connectivity index (χ0) is 33.3. The van der Waals surface area contributed by atoms with Gasteiger partial charge in [-0.2, -0.15) is 0 Å². The van der Waals surface area contributed by atoms with Gasteiger partial charge in [0.1, 0.15) is 17.5 Å². The molecule has 47 heavy (non-hydrogen) atoms. The molecule has 14 nitrogen and oxygen atoms in total. The van der Waals surface area contributed by atoms with Crippen molar-refractivity contribution < 1.29 is 38.2 Å². The molecule has 3 aliphatic rings. The van der Waals surface area contributed by atoms with Crippen LogP contribution in [0, 0.1) is 6.92 Å². The Morgan fingerprint density at radius 2 is 1.68 bits per heavy atom. The lowest BCUT2D eigenvalue weighted by Gasteiger charge is -2.34. The number of fused-ring (bicyclic) bond motifs is 1. The van der Waals surface area contributed by atoms with Crippen molar-refractivity contribution in [2.45, 2.75) is 45.6 Å². The fourth-order valence-electron chi connectivity index (χ4n) is 5.97. The number of piperazine rings is 1. The summed E-state index contributed by atoms with van der Waals surface area (Å²) >= 11 is 0. The van der Waals surface area contributed by atoms with E-state index in [1.165, 1.54) is 6.07 Å². The second-order valence-corrected chi connectivity index (χ2v) is 12.0. The zero-order valence-electron chi connectivity index (χ0n) is 27.2. The normalized spacial score (nSPS) is 18.3. The number of benzene rings is 1. The summed E-state index contributed by atoms with van der Waals surface area (Å²) in [5.74, 6) is -0.909. The fourth-order valence-corrected chi connectivity index (χ4v) is 5.97. The van der Waals surface area contributed by atoms with Crippen LogP contribution in [0.2, 0.25) is 0 Å². The van der Waals surface area contributed by atoms with Gasteiger partial charge in [-0.1, -0.05) is 19.4 Å². The van der Waals surface area contributed by atoms with Crippen molar-refractivity contribution in [3.8, 4) is 5.75 Å². The molecule has 3 saturated heterocycles. The van der Waals surface area contributed by atoms with Crippen molar-refractivity contribution in [2.24, 2.45) is 0 Å². The smallest absolute Gasteiger partial charge is 0.409 e. The summed E-state index contributed by atoms with van der Waals surface area (Å²) in [6, 6.07) is 6.47. The molecule has 3 aliphatic heterocycles. The Kier molecular flexibility index (Phi) is 11.5. The van der Waals surface area contributed by atoms with Gasteiger partial charge in [-0.15, -0.1) is 0 Å². The Balaban J connectivity index is 1.18. The molecule has 5 rings (SSSR count). The molecule has 1 atom stereocenters. The maximum atomic E-state index is 13.3. The highest BCUT2D eigenvalue weighted by Gasteiger charge is 2.37. The maximum absolute atomic E-state index is 13.3. The average molecular weight is 653 g/mol. The number of nitrogens with zero attached hydrogens (tertiary/aromatic N) is 5. The summed E-state index contributed by atoms with van der Waals surface area (Å²) in [5.41, 5.74) is 1.48. The topological polar surface area (TPSA) is 151 Å². The number of nitrogens with one attached hydrogen (secondary N) is 1. The van der Waals surface area contributed by atoms with Gasteiger partial charge >= 0.3 is 6.09 Å². The minimum atomic E-state index is -0.563. The highest BCUT2D eigenvalue weighted by Crippen LogP contribution is 2.27. The van der Waals surface area contributed by atoms with Crippen molar-refractivity contribution in [3.05, 3.63) is 35.5 Å². The SMILES string of the molecule is CCCCOC(=O)N1CCN(C(=O)CNC(=O)c2cc(OCC(=O)N3CCCC3C(=O)N3CCOCC3)c3ccc(C)cc3n2)CC1. The van der Waals surface area contributed by atoms with Crippen molar-refractivity contribution in [2.75, 3.05) is 78.8 Å². The van der Waals surface area contributed by atoms with E-state index < -0.39 is 11.9 Å². The first-order chi connectivity index (χ1) is 22.7. The third-order valence-corrected chi connectivity index (χ3v) is 8.71. The third-order valence-electron chi connectivity index (χ3n) is 8.71. The van der Waals surface area contributed by atoms with Crippen molar-refractivity contribution >= 4 is 40.6 Å². The molecule has 1 aromatic heterocycles. The van der Waals surface area contributed by atoms with Crippen LogP contribution >= 0.6 is 0 Å². The lowest BCUT2D eigenvalue weighted by atomic mass is 10.1. The molecular weight excluding hydrogens is 608 g/mol. The number of pyridine rings is 1. The standard InChI is InChI=1S/C33H44N6O8/c1-3-4-16-46-33(44)38-12-10-36(11-13-38)29(40)21-34-31(42)26-20-28(24-8-7-23(2)19-25(24)35-26)47-22-30(41)39-9-5-6-27(39)32(43)37-14-17-45-18-15-37/h7-8,19-20,27H,3-6,9-18,21-22H2,1-2H3,(H,34,42). The Morgan fingerprint density at radius 3 is 2.43 bits per heavy atom. The van der Waals surface area contributed by atoms with Gasteiger partial charge < -0.3 is 39.1 Å². The highest BCUT2D eigenvalue weighted by molar-refractivity contribution is 5.99. The first-order valence-corrected chi connectivity index (χ1v) is 16.4. The molecule has 5 amide bonds. The number of morpholine rings is 1. The quantitative estimate of drug-likeness (QED) is 0.378. The summed E-state index contributed by atoms with van der Waals surface area (Å²) in [4.78, 5) is 75.8. The summed E-state index contributed by atoms with van der Waals surface area (Å²) < 4.78 is 16.6. The van der Waals surface area contributed by atoms with E-state index >= 15 is 0 Å². The molecule has 1 unspecified atom stereocenters. The molecule has 3 fully saturated rings. The van der Waals surface area contributed by atoms with Gasteiger partial charge in [-0.3, -0.25) is 19.2 Å². The van der Waals surface area contributed by atoms with Gasteiger partial charge in [0.2, 0.25) is 11.8 Å². The van der Waals surface area contributed by atoms with E-state index in [1.807, 2.05) is 32.0 Å². The van der Waals surface area contributed by atoms with Crippen LogP contribution in [0.25, 0.3) is 10.9 Å². The van der Waals surface area contributed by atoms with Crippen LogP contribution in [-0.4, -0.2) is 139 Å². The van der Waals surface area contributed by atoms with Gasteiger partial charge in [0.05, 0.1) is 31.9 Å². The zero-order valence-corrected chi connectivity index (χ0v) is 27.2. The van der Waals surface area contributed by atoms with E-state index in [4.69, 9.17) is 14.2 Å². The van der Waals surface area contributed by atoms with E-state index in [-0.39, 0.29) is 42.7 Å². The number of hydrogen-bond donors (Lipinski definition) is 1. The predicted octanol–water partition coefficient (Wildman–Crippen LogP) is 1.58. The summed E-state index contributed by atoms with van der Waals surface area (Å²) in [6.07, 6.45) is 2.69. The van der Waals surface area contributed by atoms with Crippen LogP contribution in [0.5, 0.6) is 5.75 Å². The van der Waals surface area contributed by atoms with Crippen molar-refractivity contribution in [1.82, 2.24) is 29.9 Å². The number of likely N-dealkylation sites (tertiary alicyclic amines) is 1. The van der Waals surface area contributed by atoms with Crippen LogP contribution in [-0.2, 0) is 23.9 Å². The van der Waals surface area contributed by atoms with Gasteiger partial charge in [-0.25, -0.2) is 9.78 Å². The number of aryl methyl sites for hydroxylation is 1. The number of hydrogen-bond acceptors (Lipinski definition) is 9. The van der Waals surface area contributed by atoms with Crippen molar-refractivity contribution in [1.29, 1.82) is 0 Å². The molecule has 2 aromatic rings. The maximum Gasteiger partial charge on any atom is 0.409 e. The highest BCUT2D eigenvalue weighted by atomic mass is 16.6. The summed E-state index contributed by atoms with van der Waals surface area (Å²) in [6.45, 7) is 7.62. The van der Waals surface area contributed by atoms with Crippen LogP contribution in [0.1, 0.15) is 48.7 Å². The molecule has 0 aliphatic carbocycles. The minimum Gasteiger partial charge on any atom is -0.483 e. The van der Waals surface area contributed by atoms with Gasteiger partial charge in [0, 0.05) is 57.3 Å². The predicted molar refractivity (Wildman–Crippen MR) is 171 cm³/mol. The van der Waals surface area contributed by atoms with Gasteiger partial charge in [0.25, 0.3) is 11.8 Å². The monoisotopic (exact) mass is 652 g/mol. The Hall–Kier alpha value is -4.46. The molecule has 1 N–H and O–H groups in total. The minimum absolute atomic E-state index is 0.0412. The van der Waals surface area contributed by atoms with Crippen LogP contribution < -0.4 is 10.1 Å². The molecule has 4 heterocycles. The van der Waals surface area contributed by atoms with Gasteiger partial charge in [-0.05, 0) is 43.9 Å². The lowest BCUT2D eigenvalue weighted by molar-refractivity contribution is -0.147. The number of unbranched alkanes of at least 4 members (excludes halogenated alkanes) is 1. The number of carbonyl (C=O) groups excluding carboxylic acids is 5. The van der Waals surface area contributed by atoms with Crippen LogP contribution in [0.3, 0.4) is 0 Å². The molecule has 1 aromatic carbocycles. The van der Waals surface area contributed by atoms with E-state index in [0.29, 0.717) is 88.7 Å². The number of rotatable bonds is 10. The van der Waals surface area contributed by atoms with Crippen LogP contribution in [0.4, 0.5) is 4.79 Å². The fraction of sp³-hybridized carbons (Fsp3) is 0.576. The Labute approximate surface area is 274 Å². The van der Waals surface area contributed by atoms with E-state index in [2.05, 4.69) is 10.3 Å². The second kappa shape index (κ2) is 15.9. The average Bonchev–Trinajstić information content (AvgIpc) is 3.59. The van der Waals surface area contributed by atoms with E-state index in [1.54, 1.807) is 19.6 Å². The summed E-state index contributed by atoms with van der Waals surface area (Å²) in [5, 5.41) is 3.28. The van der Waals surface area contributed by atoms with Crippen molar-refractivity contribution in [3.63, 3.8) is 0 Å². The molecule has 0 saturated carbocycles. The molecule has 254 valence electrons. The largest absolute Gasteiger partial charge is 0.483 e. The van der Waals surface area contributed by atoms with E-state index in [0.717, 1.165) is 24.8 Å². The molecule has 0 spiro atoms. The van der Waals surface area contributed by atoms with E-state index in [9.17, 15) is 24.0 Å². The Morgan fingerprint density at radius 1 is 0.936 bits per heavy atom. The number of ether oxygens (including phenoxy) is 3. The summed E-state index contributed by atoms with van der Waals surface area (Å²) in [7, 11) is 0. The molecule has 0 radical (unpaired) electrons. The number of amides is 5. The second-order valence-electron chi connectivity index (χ2n) is 12.0.